The summed E-state index contributed by atoms with van der Waals surface area (Å²) >= 11 is 1.71. The van der Waals surface area contributed by atoms with Gasteiger partial charge in [0.2, 0.25) is 0 Å². The van der Waals surface area contributed by atoms with E-state index in [4.69, 9.17) is 4.74 Å². The summed E-state index contributed by atoms with van der Waals surface area (Å²) in [7, 11) is 1.60. The van der Waals surface area contributed by atoms with Crippen LogP contribution in [0.5, 0.6) is 5.75 Å². The molecular weight excluding hydrogens is 384 g/mol. The van der Waals surface area contributed by atoms with E-state index in [1.54, 1.807) is 43.1 Å². The SMILES string of the molecule is CCCCSc1nnc(CNC(=O)c2ccc(OC)cc2)n1Cc1ccccc1. The van der Waals surface area contributed by atoms with E-state index in [-0.39, 0.29) is 5.91 Å². The molecule has 0 fully saturated rings. The van der Waals surface area contributed by atoms with Crippen LogP contribution in [-0.4, -0.2) is 33.5 Å². The normalized spacial score (nSPS) is 10.7. The van der Waals surface area contributed by atoms with Crippen molar-refractivity contribution in [3.63, 3.8) is 0 Å². The van der Waals surface area contributed by atoms with Crippen LogP contribution >= 0.6 is 11.8 Å². The van der Waals surface area contributed by atoms with Gasteiger partial charge in [0, 0.05) is 11.3 Å². The number of rotatable bonds is 10. The van der Waals surface area contributed by atoms with Crippen LogP contribution in [0.3, 0.4) is 0 Å². The lowest BCUT2D eigenvalue weighted by molar-refractivity contribution is 0.0949. The number of nitrogens with one attached hydrogen (secondary N) is 1. The van der Waals surface area contributed by atoms with Crippen molar-refractivity contribution in [1.29, 1.82) is 0 Å². The van der Waals surface area contributed by atoms with Crippen molar-refractivity contribution in [3.05, 3.63) is 71.5 Å². The summed E-state index contributed by atoms with van der Waals surface area (Å²) in [6.07, 6.45) is 2.27. The maximum atomic E-state index is 12.5. The van der Waals surface area contributed by atoms with Crippen LogP contribution < -0.4 is 10.1 Å². The molecule has 3 rings (SSSR count). The maximum absolute atomic E-state index is 12.5. The van der Waals surface area contributed by atoms with Crippen LogP contribution in [0.2, 0.25) is 0 Å². The third-order valence-corrected chi connectivity index (χ3v) is 5.52. The molecule has 0 saturated carbocycles. The van der Waals surface area contributed by atoms with Crippen molar-refractivity contribution < 1.29 is 9.53 Å². The Morgan fingerprint density at radius 1 is 1.10 bits per heavy atom. The molecule has 0 aliphatic heterocycles. The predicted octanol–water partition coefficient (Wildman–Crippen LogP) is 4.16. The fourth-order valence-electron chi connectivity index (χ4n) is 2.79. The molecule has 0 atom stereocenters. The number of carbonyl (C=O) groups excluding carboxylic acids is 1. The van der Waals surface area contributed by atoms with E-state index in [1.165, 1.54) is 5.56 Å². The summed E-state index contributed by atoms with van der Waals surface area (Å²) in [4.78, 5) is 12.5. The quantitative estimate of drug-likeness (QED) is 0.402. The molecule has 1 aromatic heterocycles. The van der Waals surface area contributed by atoms with Gasteiger partial charge in [0.25, 0.3) is 5.91 Å². The third-order valence-electron chi connectivity index (χ3n) is 4.47. The highest BCUT2D eigenvalue weighted by atomic mass is 32.2. The number of ether oxygens (including phenoxy) is 1. The number of methoxy groups -OCH3 is 1. The molecule has 0 saturated heterocycles. The monoisotopic (exact) mass is 410 g/mol. The van der Waals surface area contributed by atoms with Crippen LogP contribution in [0, 0.1) is 0 Å². The van der Waals surface area contributed by atoms with Crippen molar-refractivity contribution in [1.82, 2.24) is 20.1 Å². The van der Waals surface area contributed by atoms with Crippen molar-refractivity contribution in [2.24, 2.45) is 0 Å². The minimum atomic E-state index is -0.151. The fourth-order valence-corrected chi connectivity index (χ4v) is 3.83. The Labute approximate surface area is 175 Å². The number of hydrogen-bond acceptors (Lipinski definition) is 5. The predicted molar refractivity (Wildman–Crippen MR) is 115 cm³/mol. The molecule has 3 aromatic rings. The van der Waals surface area contributed by atoms with Gasteiger partial charge in [-0.3, -0.25) is 4.79 Å². The largest absolute Gasteiger partial charge is 0.497 e. The van der Waals surface area contributed by atoms with E-state index in [0.29, 0.717) is 18.7 Å². The average Bonchev–Trinajstić information content (AvgIpc) is 3.14. The first kappa shape index (κ1) is 20.9. The first-order chi connectivity index (χ1) is 14.2. The first-order valence-electron chi connectivity index (χ1n) is 9.72. The maximum Gasteiger partial charge on any atom is 0.251 e. The Morgan fingerprint density at radius 3 is 2.55 bits per heavy atom. The summed E-state index contributed by atoms with van der Waals surface area (Å²) in [5.41, 5.74) is 1.75. The molecule has 1 N–H and O–H groups in total. The number of benzene rings is 2. The zero-order chi connectivity index (χ0) is 20.5. The fraction of sp³-hybridized carbons (Fsp3) is 0.318. The van der Waals surface area contributed by atoms with Gasteiger partial charge in [-0.2, -0.15) is 0 Å². The Morgan fingerprint density at radius 2 is 1.86 bits per heavy atom. The van der Waals surface area contributed by atoms with Crippen molar-refractivity contribution >= 4 is 17.7 Å². The highest BCUT2D eigenvalue weighted by molar-refractivity contribution is 7.99. The van der Waals surface area contributed by atoms with Gasteiger partial charge in [-0.1, -0.05) is 55.4 Å². The van der Waals surface area contributed by atoms with E-state index in [1.807, 2.05) is 18.2 Å². The number of amides is 1. The lowest BCUT2D eigenvalue weighted by atomic mass is 10.2. The van der Waals surface area contributed by atoms with Gasteiger partial charge in [0.1, 0.15) is 5.75 Å². The average molecular weight is 411 g/mol. The van der Waals surface area contributed by atoms with Gasteiger partial charge in [-0.05, 0) is 36.2 Å². The molecule has 0 unspecified atom stereocenters. The molecule has 6 nitrogen and oxygen atoms in total. The molecule has 29 heavy (non-hydrogen) atoms. The lowest BCUT2D eigenvalue weighted by Gasteiger charge is -2.11. The van der Waals surface area contributed by atoms with Gasteiger partial charge in [0.15, 0.2) is 11.0 Å². The Bertz CT molecular complexity index is 910. The van der Waals surface area contributed by atoms with Gasteiger partial charge < -0.3 is 14.6 Å². The van der Waals surface area contributed by atoms with Crippen molar-refractivity contribution in [2.45, 2.75) is 38.0 Å². The molecule has 1 amide bonds. The molecule has 0 radical (unpaired) electrons. The number of nitrogens with zero attached hydrogens (tertiary/aromatic N) is 3. The van der Waals surface area contributed by atoms with Crippen LogP contribution in [0.1, 0.15) is 41.5 Å². The molecular formula is C22H26N4O2S. The molecule has 152 valence electrons. The van der Waals surface area contributed by atoms with Crippen LogP contribution in [0.15, 0.2) is 59.8 Å². The number of unbranched alkanes of at least 4 members (excludes halogenated alkanes) is 1. The number of hydrogen-bond donors (Lipinski definition) is 1. The summed E-state index contributed by atoms with van der Waals surface area (Å²) in [5, 5.41) is 12.5. The van der Waals surface area contributed by atoms with Gasteiger partial charge in [0.05, 0.1) is 20.2 Å². The van der Waals surface area contributed by atoms with E-state index in [2.05, 4.69) is 39.1 Å². The topological polar surface area (TPSA) is 69.0 Å². The van der Waals surface area contributed by atoms with E-state index >= 15 is 0 Å². The third kappa shape index (κ3) is 5.84. The Balaban J connectivity index is 1.72. The van der Waals surface area contributed by atoms with Crippen molar-refractivity contribution in [2.75, 3.05) is 12.9 Å². The second kappa shape index (κ2) is 10.7. The van der Waals surface area contributed by atoms with Crippen LogP contribution in [0.4, 0.5) is 0 Å². The van der Waals surface area contributed by atoms with E-state index in [9.17, 15) is 4.79 Å². The van der Waals surface area contributed by atoms with Gasteiger partial charge in [-0.15, -0.1) is 10.2 Å². The molecule has 0 bridgehead atoms. The van der Waals surface area contributed by atoms with Crippen LogP contribution in [-0.2, 0) is 13.1 Å². The van der Waals surface area contributed by atoms with Crippen LogP contribution in [0.25, 0.3) is 0 Å². The smallest absolute Gasteiger partial charge is 0.251 e. The summed E-state index contributed by atoms with van der Waals surface area (Å²) in [6, 6.07) is 17.3. The van der Waals surface area contributed by atoms with Crippen molar-refractivity contribution in [3.8, 4) is 5.75 Å². The first-order valence-corrected chi connectivity index (χ1v) is 10.7. The molecule has 1 heterocycles. The molecule has 0 aliphatic rings. The second-order valence-electron chi connectivity index (χ2n) is 6.58. The summed E-state index contributed by atoms with van der Waals surface area (Å²) < 4.78 is 7.23. The van der Waals surface area contributed by atoms with E-state index in [0.717, 1.165) is 35.3 Å². The number of carbonyl (C=O) groups is 1. The Kier molecular flexibility index (Phi) is 7.69. The highest BCUT2D eigenvalue weighted by Gasteiger charge is 2.14. The zero-order valence-electron chi connectivity index (χ0n) is 16.8. The van der Waals surface area contributed by atoms with E-state index < -0.39 is 0 Å². The minimum absolute atomic E-state index is 0.151. The minimum Gasteiger partial charge on any atom is -0.497 e. The standard InChI is InChI=1S/C22H26N4O2S/c1-3-4-14-29-22-25-24-20(26(22)16-17-8-6-5-7-9-17)15-23-21(27)18-10-12-19(28-2)13-11-18/h5-13H,3-4,14-16H2,1-2H3,(H,23,27). The lowest BCUT2D eigenvalue weighted by Crippen LogP contribution is -2.25. The van der Waals surface area contributed by atoms with Gasteiger partial charge >= 0.3 is 0 Å². The Hall–Kier alpha value is -2.80. The molecule has 2 aromatic carbocycles. The summed E-state index contributed by atoms with van der Waals surface area (Å²) in [6.45, 7) is 3.17. The molecule has 0 aliphatic carbocycles. The molecule has 7 heteroatoms. The van der Waals surface area contributed by atoms with Gasteiger partial charge in [-0.25, -0.2) is 0 Å². The highest BCUT2D eigenvalue weighted by Crippen LogP contribution is 2.20. The number of thioether (sulfide) groups is 1. The second-order valence-corrected chi connectivity index (χ2v) is 7.65. The number of aromatic nitrogens is 3. The molecule has 0 spiro atoms. The summed E-state index contributed by atoms with van der Waals surface area (Å²) in [5.74, 6) is 2.32. The zero-order valence-corrected chi connectivity index (χ0v) is 17.6.